The van der Waals surface area contributed by atoms with Crippen LogP contribution in [0.1, 0.15) is 10.6 Å². The molecule has 2 rings (SSSR count). The zero-order valence-corrected chi connectivity index (χ0v) is 11.9. The maximum absolute atomic E-state index is 11.1. The molecule has 0 spiro atoms. The molecule has 19 heavy (non-hydrogen) atoms. The van der Waals surface area contributed by atoms with Crippen LogP contribution in [0, 0.1) is 0 Å². The quantitative estimate of drug-likeness (QED) is 0.783. The van der Waals surface area contributed by atoms with Crippen LogP contribution in [0.3, 0.4) is 0 Å². The molecule has 1 aromatic carbocycles. The highest BCUT2D eigenvalue weighted by Gasteiger charge is 2.06. The Bertz CT molecular complexity index is 607. The molecular weight excluding hydrogens is 282 g/mol. The first-order valence-electron chi connectivity index (χ1n) is 5.76. The summed E-state index contributed by atoms with van der Waals surface area (Å²) in [4.78, 5) is 4.34. The van der Waals surface area contributed by atoms with Crippen LogP contribution in [-0.2, 0) is 23.0 Å². The average Bonchev–Trinajstić information content (AvgIpc) is 2.87. The number of rotatable bonds is 6. The summed E-state index contributed by atoms with van der Waals surface area (Å²) in [7, 11) is -3.60. The molecule has 5 nitrogen and oxygen atoms in total. The highest BCUT2D eigenvalue weighted by molar-refractivity contribution is 7.89. The van der Waals surface area contributed by atoms with Crippen molar-refractivity contribution in [1.82, 2.24) is 10.3 Å². The summed E-state index contributed by atoms with van der Waals surface area (Å²) in [6.07, 6.45) is 2.69. The largest absolute Gasteiger partial charge is 0.312 e. The normalized spacial score (nSPS) is 11.6. The Balaban J connectivity index is 1.80. The first kappa shape index (κ1) is 14.1. The molecule has 1 aromatic heterocycles. The zero-order valence-electron chi connectivity index (χ0n) is 10.2. The summed E-state index contributed by atoms with van der Waals surface area (Å²) in [5, 5.41) is 11.4. The maximum atomic E-state index is 11.1. The number of thiazole rings is 1. The first-order chi connectivity index (χ1) is 9.05. The second kappa shape index (κ2) is 6.25. The van der Waals surface area contributed by atoms with Crippen LogP contribution in [0.25, 0.3) is 0 Å². The number of aromatic nitrogens is 1. The minimum absolute atomic E-state index is 0.138. The Labute approximate surface area is 116 Å². The molecule has 3 N–H and O–H groups in total. The van der Waals surface area contributed by atoms with Crippen LogP contribution in [0.15, 0.2) is 40.7 Å². The molecule has 0 aliphatic rings. The van der Waals surface area contributed by atoms with Gasteiger partial charge >= 0.3 is 0 Å². The molecule has 0 bridgehead atoms. The van der Waals surface area contributed by atoms with Gasteiger partial charge in [-0.05, 0) is 17.7 Å². The lowest BCUT2D eigenvalue weighted by atomic mass is 10.2. The first-order valence-corrected chi connectivity index (χ1v) is 8.19. The van der Waals surface area contributed by atoms with Crippen LogP contribution in [-0.4, -0.2) is 19.9 Å². The van der Waals surface area contributed by atoms with E-state index in [1.807, 2.05) is 5.38 Å². The van der Waals surface area contributed by atoms with Crippen molar-refractivity contribution < 1.29 is 8.42 Å². The van der Waals surface area contributed by atoms with E-state index in [1.54, 1.807) is 29.7 Å². The fourth-order valence-electron chi connectivity index (χ4n) is 1.60. The Hall–Kier alpha value is -1.28. The van der Waals surface area contributed by atoms with Crippen LogP contribution in [0.2, 0.25) is 0 Å². The third-order valence-corrected chi connectivity index (χ3v) is 4.35. The van der Waals surface area contributed by atoms with Gasteiger partial charge in [0.15, 0.2) is 0 Å². The van der Waals surface area contributed by atoms with Gasteiger partial charge in [0.2, 0.25) is 10.0 Å². The number of hydrogen-bond acceptors (Lipinski definition) is 5. The molecule has 0 aliphatic heterocycles. The van der Waals surface area contributed by atoms with E-state index in [0.717, 1.165) is 23.5 Å². The maximum Gasteiger partial charge on any atom is 0.238 e. The monoisotopic (exact) mass is 297 g/mol. The molecule has 1 heterocycles. The molecule has 0 saturated carbocycles. The van der Waals surface area contributed by atoms with Crippen LogP contribution >= 0.6 is 11.3 Å². The van der Waals surface area contributed by atoms with Gasteiger partial charge in [-0.15, -0.1) is 11.3 Å². The Kier molecular flexibility index (Phi) is 4.65. The fourth-order valence-corrected chi connectivity index (χ4v) is 2.74. The number of sulfonamides is 1. The molecule has 0 radical (unpaired) electrons. The van der Waals surface area contributed by atoms with Crippen molar-refractivity contribution in [3.05, 3.63) is 46.4 Å². The molecule has 2 aromatic rings. The second-order valence-electron chi connectivity index (χ2n) is 4.04. The van der Waals surface area contributed by atoms with Crippen molar-refractivity contribution in [2.75, 3.05) is 6.54 Å². The molecular formula is C12H15N3O2S2. The van der Waals surface area contributed by atoms with E-state index in [4.69, 9.17) is 5.14 Å². The van der Waals surface area contributed by atoms with E-state index in [-0.39, 0.29) is 4.90 Å². The van der Waals surface area contributed by atoms with Crippen molar-refractivity contribution in [3.63, 3.8) is 0 Å². The van der Waals surface area contributed by atoms with E-state index in [0.29, 0.717) is 6.54 Å². The second-order valence-corrected chi connectivity index (χ2v) is 6.58. The number of nitrogens with zero attached hydrogens (tertiary/aromatic N) is 1. The molecule has 7 heteroatoms. The predicted octanol–water partition coefficient (Wildman–Crippen LogP) is 1.12. The lowest BCUT2D eigenvalue weighted by molar-refractivity contribution is 0.597. The standard InChI is InChI=1S/C12H15N3O2S2/c13-19(16,17)11-3-1-10(2-4-11)9-14-6-5-12-15-7-8-18-12/h1-4,7-8,14H,5-6,9H2,(H2,13,16,17). The van der Waals surface area contributed by atoms with Gasteiger partial charge in [0.1, 0.15) is 0 Å². The minimum atomic E-state index is -3.60. The summed E-state index contributed by atoms with van der Waals surface area (Å²) in [5.41, 5.74) is 1.02. The summed E-state index contributed by atoms with van der Waals surface area (Å²) >= 11 is 1.64. The molecule has 0 saturated heterocycles. The topological polar surface area (TPSA) is 85.1 Å². The highest BCUT2D eigenvalue weighted by Crippen LogP contribution is 2.08. The average molecular weight is 297 g/mol. The summed E-state index contributed by atoms with van der Waals surface area (Å²) < 4.78 is 22.2. The molecule has 0 fully saturated rings. The van der Waals surface area contributed by atoms with E-state index >= 15 is 0 Å². The third kappa shape index (κ3) is 4.39. The summed E-state index contributed by atoms with van der Waals surface area (Å²) in [5.74, 6) is 0. The predicted molar refractivity (Wildman–Crippen MR) is 75.3 cm³/mol. The number of nitrogens with one attached hydrogen (secondary N) is 1. The number of nitrogens with two attached hydrogens (primary N) is 1. The zero-order chi connectivity index (χ0) is 13.7. The van der Waals surface area contributed by atoms with Crippen molar-refractivity contribution in [3.8, 4) is 0 Å². The molecule has 0 aliphatic carbocycles. The fraction of sp³-hybridized carbons (Fsp3) is 0.250. The summed E-state index contributed by atoms with van der Waals surface area (Å²) in [6, 6.07) is 6.56. The van der Waals surface area contributed by atoms with Gasteiger partial charge in [0.25, 0.3) is 0 Å². The Morgan fingerprint density at radius 3 is 2.58 bits per heavy atom. The number of primary sulfonamides is 1. The van der Waals surface area contributed by atoms with Crippen LogP contribution in [0.4, 0.5) is 0 Å². The van der Waals surface area contributed by atoms with E-state index in [1.165, 1.54) is 12.1 Å². The van der Waals surface area contributed by atoms with Crippen LogP contribution < -0.4 is 10.5 Å². The van der Waals surface area contributed by atoms with Gasteiger partial charge in [-0.25, -0.2) is 18.5 Å². The molecule has 0 amide bonds. The molecule has 0 unspecified atom stereocenters. The lowest BCUT2D eigenvalue weighted by Crippen LogP contribution is -2.17. The van der Waals surface area contributed by atoms with Gasteiger partial charge in [-0.2, -0.15) is 0 Å². The lowest BCUT2D eigenvalue weighted by Gasteiger charge is -2.04. The highest BCUT2D eigenvalue weighted by atomic mass is 32.2. The molecule has 0 atom stereocenters. The van der Waals surface area contributed by atoms with Gasteiger partial charge in [0, 0.05) is 31.1 Å². The third-order valence-electron chi connectivity index (χ3n) is 2.58. The van der Waals surface area contributed by atoms with E-state index in [9.17, 15) is 8.42 Å². The smallest absolute Gasteiger partial charge is 0.238 e. The number of benzene rings is 1. The van der Waals surface area contributed by atoms with Gasteiger partial charge in [-0.3, -0.25) is 0 Å². The minimum Gasteiger partial charge on any atom is -0.312 e. The Morgan fingerprint density at radius 2 is 2.00 bits per heavy atom. The van der Waals surface area contributed by atoms with Crippen molar-refractivity contribution in [2.45, 2.75) is 17.9 Å². The Morgan fingerprint density at radius 1 is 1.26 bits per heavy atom. The van der Waals surface area contributed by atoms with Crippen molar-refractivity contribution >= 4 is 21.4 Å². The SMILES string of the molecule is NS(=O)(=O)c1ccc(CNCCc2nccs2)cc1. The van der Waals surface area contributed by atoms with Gasteiger partial charge in [0.05, 0.1) is 9.90 Å². The van der Waals surface area contributed by atoms with Crippen molar-refractivity contribution in [1.29, 1.82) is 0 Å². The summed E-state index contributed by atoms with van der Waals surface area (Å²) in [6.45, 7) is 1.53. The van der Waals surface area contributed by atoms with E-state index < -0.39 is 10.0 Å². The molecule has 102 valence electrons. The van der Waals surface area contributed by atoms with Gasteiger partial charge < -0.3 is 5.32 Å². The van der Waals surface area contributed by atoms with Crippen LogP contribution in [0.5, 0.6) is 0 Å². The van der Waals surface area contributed by atoms with Gasteiger partial charge in [-0.1, -0.05) is 12.1 Å². The number of hydrogen-bond donors (Lipinski definition) is 2. The van der Waals surface area contributed by atoms with E-state index in [2.05, 4.69) is 10.3 Å². The van der Waals surface area contributed by atoms with Crippen molar-refractivity contribution in [2.24, 2.45) is 5.14 Å².